The van der Waals surface area contributed by atoms with E-state index in [9.17, 15) is 0 Å². The Balaban J connectivity index is 2.44. The van der Waals surface area contributed by atoms with Crippen LogP contribution in [0.3, 0.4) is 0 Å². The second kappa shape index (κ2) is 1.90. The van der Waals surface area contributed by atoms with Crippen molar-refractivity contribution in [3.8, 4) is 0 Å². The van der Waals surface area contributed by atoms with E-state index < -0.39 is 0 Å². The molecule has 0 aromatic heterocycles. The summed E-state index contributed by atoms with van der Waals surface area (Å²) in [6.45, 7) is 4.00. The standard InChI is InChI=1S/C5H12N2S/c1-5(6)2-3-7(8)4-5/h8H,2-4,6H2,1H3. The van der Waals surface area contributed by atoms with Crippen molar-refractivity contribution in [1.82, 2.24) is 4.31 Å². The van der Waals surface area contributed by atoms with Crippen LogP contribution in [-0.2, 0) is 0 Å². The first-order valence-corrected chi connectivity index (χ1v) is 3.23. The molecule has 0 spiro atoms. The summed E-state index contributed by atoms with van der Waals surface area (Å²) in [5, 5.41) is 0. The summed E-state index contributed by atoms with van der Waals surface area (Å²) in [6, 6.07) is 0. The summed E-state index contributed by atoms with van der Waals surface area (Å²) in [7, 11) is 0. The van der Waals surface area contributed by atoms with Gasteiger partial charge >= 0.3 is 0 Å². The van der Waals surface area contributed by atoms with Crippen molar-refractivity contribution in [2.24, 2.45) is 5.73 Å². The number of hydrogen-bond donors (Lipinski definition) is 2. The first kappa shape index (κ1) is 6.39. The third-order valence-corrected chi connectivity index (χ3v) is 1.83. The van der Waals surface area contributed by atoms with Crippen LogP contribution >= 0.6 is 12.8 Å². The lowest BCUT2D eigenvalue weighted by molar-refractivity contribution is 0.482. The Labute approximate surface area is 55.6 Å². The minimum atomic E-state index is 0.0156. The quantitative estimate of drug-likeness (QED) is 0.463. The van der Waals surface area contributed by atoms with Gasteiger partial charge < -0.3 is 5.73 Å². The molecule has 2 nitrogen and oxygen atoms in total. The van der Waals surface area contributed by atoms with Gasteiger partial charge in [0, 0.05) is 18.6 Å². The molecule has 3 heteroatoms. The van der Waals surface area contributed by atoms with Gasteiger partial charge in [0.15, 0.2) is 0 Å². The maximum absolute atomic E-state index is 5.78. The van der Waals surface area contributed by atoms with Crippen LogP contribution in [0.5, 0.6) is 0 Å². The average molecular weight is 132 g/mol. The third kappa shape index (κ3) is 1.37. The summed E-state index contributed by atoms with van der Waals surface area (Å²) < 4.78 is 1.96. The van der Waals surface area contributed by atoms with Crippen molar-refractivity contribution in [1.29, 1.82) is 0 Å². The van der Waals surface area contributed by atoms with Crippen molar-refractivity contribution in [3.05, 3.63) is 0 Å². The summed E-state index contributed by atoms with van der Waals surface area (Å²) in [5.41, 5.74) is 5.79. The largest absolute Gasteiger partial charge is 0.324 e. The fraction of sp³-hybridized carbons (Fsp3) is 1.00. The molecule has 1 unspecified atom stereocenters. The van der Waals surface area contributed by atoms with Crippen LogP contribution in [0.15, 0.2) is 0 Å². The highest BCUT2D eigenvalue weighted by molar-refractivity contribution is 7.77. The van der Waals surface area contributed by atoms with Gasteiger partial charge in [-0.05, 0) is 13.3 Å². The maximum Gasteiger partial charge on any atom is 0.0276 e. The van der Waals surface area contributed by atoms with Crippen LogP contribution in [0.4, 0.5) is 0 Å². The van der Waals surface area contributed by atoms with Gasteiger partial charge in [-0.15, -0.1) is 0 Å². The Kier molecular flexibility index (Phi) is 1.52. The number of nitrogens with two attached hydrogens (primary N) is 1. The highest BCUT2D eigenvalue weighted by Gasteiger charge is 2.27. The van der Waals surface area contributed by atoms with Crippen LogP contribution in [0.1, 0.15) is 13.3 Å². The Bertz CT molecular complexity index is 92.4. The van der Waals surface area contributed by atoms with Gasteiger partial charge in [-0.1, -0.05) is 12.8 Å². The van der Waals surface area contributed by atoms with Crippen molar-refractivity contribution >= 4 is 12.8 Å². The van der Waals surface area contributed by atoms with E-state index in [-0.39, 0.29) is 5.54 Å². The number of rotatable bonds is 0. The van der Waals surface area contributed by atoms with Gasteiger partial charge in [0.05, 0.1) is 0 Å². The normalized spacial score (nSPS) is 40.9. The minimum Gasteiger partial charge on any atom is -0.324 e. The van der Waals surface area contributed by atoms with Crippen LogP contribution in [0.2, 0.25) is 0 Å². The zero-order chi connectivity index (χ0) is 6.20. The lowest BCUT2D eigenvalue weighted by Gasteiger charge is -2.15. The molecule has 1 aliphatic rings. The van der Waals surface area contributed by atoms with E-state index in [2.05, 4.69) is 19.7 Å². The molecule has 48 valence electrons. The molecule has 0 saturated carbocycles. The highest BCUT2D eigenvalue weighted by atomic mass is 32.1. The Morgan fingerprint density at radius 2 is 2.38 bits per heavy atom. The molecule has 1 atom stereocenters. The molecule has 1 rings (SSSR count). The second-order valence-electron chi connectivity index (χ2n) is 2.79. The summed E-state index contributed by atoms with van der Waals surface area (Å²) in [4.78, 5) is 0. The van der Waals surface area contributed by atoms with Gasteiger partial charge in [0.2, 0.25) is 0 Å². The first-order valence-electron chi connectivity index (χ1n) is 2.83. The molecule has 0 radical (unpaired) electrons. The fourth-order valence-electron chi connectivity index (χ4n) is 0.960. The lowest BCUT2D eigenvalue weighted by Crippen LogP contribution is -2.37. The predicted octanol–water partition coefficient (Wildman–Crippen LogP) is 0.254. The monoisotopic (exact) mass is 132 g/mol. The molecular formula is C5H12N2S. The van der Waals surface area contributed by atoms with Crippen molar-refractivity contribution < 1.29 is 0 Å². The lowest BCUT2D eigenvalue weighted by atomic mass is 10.0. The van der Waals surface area contributed by atoms with Crippen molar-refractivity contribution in [3.63, 3.8) is 0 Å². The van der Waals surface area contributed by atoms with Crippen LogP contribution in [-0.4, -0.2) is 22.9 Å². The van der Waals surface area contributed by atoms with E-state index in [1.807, 2.05) is 4.31 Å². The Morgan fingerprint density at radius 1 is 1.75 bits per heavy atom. The first-order chi connectivity index (χ1) is 3.60. The Hall–Kier alpha value is 0.270. The van der Waals surface area contributed by atoms with E-state index in [4.69, 9.17) is 5.73 Å². The molecule has 8 heavy (non-hydrogen) atoms. The Morgan fingerprint density at radius 3 is 2.50 bits per heavy atom. The SMILES string of the molecule is CC1(N)CCN(S)C1. The molecule has 0 aromatic carbocycles. The smallest absolute Gasteiger partial charge is 0.0276 e. The van der Waals surface area contributed by atoms with Crippen molar-refractivity contribution in [2.45, 2.75) is 18.9 Å². The zero-order valence-electron chi connectivity index (χ0n) is 5.09. The molecule has 0 bridgehead atoms. The van der Waals surface area contributed by atoms with Gasteiger partial charge in [0.25, 0.3) is 0 Å². The van der Waals surface area contributed by atoms with E-state index in [0.717, 1.165) is 19.5 Å². The third-order valence-electron chi connectivity index (χ3n) is 1.48. The highest BCUT2D eigenvalue weighted by Crippen LogP contribution is 2.18. The van der Waals surface area contributed by atoms with Gasteiger partial charge in [-0.25, -0.2) is 0 Å². The number of hydrogen-bond acceptors (Lipinski definition) is 3. The topological polar surface area (TPSA) is 29.3 Å². The summed E-state index contributed by atoms with van der Waals surface area (Å²) >= 11 is 4.16. The van der Waals surface area contributed by atoms with E-state index >= 15 is 0 Å². The van der Waals surface area contributed by atoms with E-state index in [1.54, 1.807) is 0 Å². The maximum atomic E-state index is 5.78. The van der Waals surface area contributed by atoms with Crippen molar-refractivity contribution in [2.75, 3.05) is 13.1 Å². The van der Waals surface area contributed by atoms with E-state index in [1.165, 1.54) is 0 Å². The van der Waals surface area contributed by atoms with E-state index in [0.29, 0.717) is 0 Å². The molecule has 1 aliphatic heterocycles. The molecule has 1 saturated heterocycles. The molecule has 0 amide bonds. The van der Waals surface area contributed by atoms with Gasteiger partial charge in [-0.2, -0.15) is 0 Å². The average Bonchev–Trinajstić information content (AvgIpc) is 1.82. The zero-order valence-corrected chi connectivity index (χ0v) is 5.99. The summed E-state index contributed by atoms with van der Waals surface area (Å²) in [5.74, 6) is 0. The van der Waals surface area contributed by atoms with Gasteiger partial charge in [0.1, 0.15) is 0 Å². The summed E-state index contributed by atoms with van der Waals surface area (Å²) in [6.07, 6.45) is 1.07. The minimum absolute atomic E-state index is 0.0156. The molecular weight excluding hydrogens is 120 g/mol. The molecule has 1 heterocycles. The van der Waals surface area contributed by atoms with Crippen LogP contribution in [0.25, 0.3) is 0 Å². The molecule has 0 aliphatic carbocycles. The predicted molar refractivity (Wildman–Crippen MR) is 37.8 cm³/mol. The van der Waals surface area contributed by atoms with Crippen LogP contribution < -0.4 is 5.73 Å². The number of thiol groups is 1. The molecule has 0 aromatic rings. The number of nitrogens with zero attached hydrogens (tertiary/aromatic N) is 1. The van der Waals surface area contributed by atoms with Crippen LogP contribution in [0, 0.1) is 0 Å². The molecule has 2 N–H and O–H groups in total. The fourth-order valence-corrected chi connectivity index (χ4v) is 1.38. The second-order valence-corrected chi connectivity index (χ2v) is 3.36. The van der Waals surface area contributed by atoms with Gasteiger partial charge in [-0.3, -0.25) is 4.31 Å². The molecule has 1 fully saturated rings.